The number of amides is 1. The molecule has 0 fully saturated rings. The van der Waals surface area contributed by atoms with E-state index in [4.69, 9.17) is 0 Å². The number of carboxylic acid groups (broad SMARTS) is 1. The largest absolute Gasteiger partial charge is 0.481 e. The molecule has 1 amide bonds. The van der Waals surface area contributed by atoms with Gasteiger partial charge in [0.2, 0.25) is 5.91 Å². The zero-order valence-corrected chi connectivity index (χ0v) is 12.5. The third-order valence-electron chi connectivity index (χ3n) is 3.94. The van der Waals surface area contributed by atoms with Crippen LogP contribution in [0.3, 0.4) is 0 Å². The molecule has 2 N–H and O–H groups in total. The smallest absolute Gasteiger partial charge is 0.307 e. The molecule has 0 aromatic carbocycles. The topological polar surface area (TPSA) is 66.4 Å². The minimum atomic E-state index is -0.881. The summed E-state index contributed by atoms with van der Waals surface area (Å²) in [5.41, 5.74) is 2.23. The molecule has 0 spiro atoms. The minimum Gasteiger partial charge on any atom is -0.481 e. The molecule has 2 atom stereocenters. The van der Waals surface area contributed by atoms with Crippen LogP contribution in [0.25, 0.3) is 0 Å². The van der Waals surface area contributed by atoms with Gasteiger partial charge in [-0.25, -0.2) is 0 Å². The molecule has 5 heteroatoms. The van der Waals surface area contributed by atoms with Crippen molar-refractivity contribution in [2.75, 3.05) is 0 Å². The highest BCUT2D eigenvalue weighted by molar-refractivity contribution is 7.09. The van der Waals surface area contributed by atoms with Crippen molar-refractivity contribution >= 4 is 23.2 Å². The standard InChI is InChI=1S/C15H19NO3S/c1-9-6-12(13(15(18)19)7-10(9)2)14(17)16-8-11-4-3-5-20-11/h3-5,12-13H,6-8H2,1-2H3,(H,16,17)(H,18,19)/t12-,13-/m1/s1. The van der Waals surface area contributed by atoms with Crippen molar-refractivity contribution in [1.29, 1.82) is 0 Å². The first-order valence-electron chi connectivity index (χ1n) is 6.67. The molecular weight excluding hydrogens is 274 g/mol. The maximum absolute atomic E-state index is 12.3. The lowest BCUT2D eigenvalue weighted by Gasteiger charge is -2.29. The molecule has 0 aliphatic heterocycles. The van der Waals surface area contributed by atoms with Gasteiger partial charge >= 0.3 is 5.97 Å². The normalized spacial score (nSPS) is 22.7. The fourth-order valence-electron chi connectivity index (χ4n) is 2.55. The molecule has 0 saturated heterocycles. The summed E-state index contributed by atoms with van der Waals surface area (Å²) in [6.07, 6.45) is 1.01. The number of hydrogen-bond acceptors (Lipinski definition) is 3. The van der Waals surface area contributed by atoms with Gasteiger partial charge < -0.3 is 10.4 Å². The van der Waals surface area contributed by atoms with E-state index in [0.717, 1.165) is 16.0 Å². The van der Waals surface area contributed by atoms with Gasteiger partial charge in [-0.05, 0) is 38.1 Å². The molecule has 1 aromatic rings. The Balaban J connectivity index is 2.04. The maximum Gasteiger partial charge on any atom is 0.307 e. The van der Waals surface area contributed by atoms with Gasteiger partial charge in [-0.1, -0.05) is 17.2 Å². The van der Waals surface area contributed by atoms with Crippen molar-refractivity contribution in [2.24, 2.45) is 11.8 Å². The Bertz CT molecular complexity index is 533. The number of hydrogen-bond donors (Lipinski definition) is 2. The minimum absolute atomic E-state index is 0.155. The molecule has 20 heavy (non-hydrogen) atoms. The van der Waals surface area contributed by atoms with Gasteiger partial charge in [0.1, 0.15) is 0 Å². The maximum atomic E-state index is 12.3. The summed E-state index contributed by atoms with van der Waals surface area (Å²) in [7, 11) is 0. The Labute approximate surface area is 122 Å². The second kappa shape index (κ2) is 6.22. The second-order valence-corrected chi connectivity index (χ2v) is 6.35. The highest BCUT2D eigenvalue weighted by Gasteiger charge is 2.37. The Morgan fingerprint density at radius 1 is 1.30 bits per heavy atom. The summed E-state index contributed by atoms with van der Waals surface area (Å²) in [6.45, 7) is 4.40. The van der Waals surface area contributed by atoms with E-state index in [1.54, 1.807) is 11.3 Å². The molecule has 0 unspecified atom stereocenters. The van der Waals surface area contributed by atoms with Crippen molar-refractivity contribution in [3.05, 3.63) is 33.5 Å². The van der Waals surface area contributed by atoms with Crippen LogP contribution in [0.5, 0.6) is 0 Å². The fourth-order valence-corrected chi connectivity index (χ4v) is 3.19. The van der Waals surface area contributed by atoms with E-state index in [0.29, 0.717) is 19.4 Å². The number of thiophene rings is 1. The van der Waals surface area contributed by atoms with Crippen LogP contribution in [0, 0.1) is 11.8 Å². The highest BCUT2D eigenvalue weighted by atomic mass is 32.1. The Morgan fingerprint density at radius 2 is 1.95 bits per heavy atom. The van der Waals surface area contributed by atoms with E-state index < -0.39 is 17.8 Å². The van der Waals surface area contributed by atoms with Crippen molar-refractivity contribution in [1.82, 2.24) is 5.32 Å². The molecule has 0 bridgehead atoms. The number of rotatable bonds is 4. The first-order chi connectivity index (χ1) is 9.49. The Kier molecular flexibility index (Phi) is 4.60. The van der Waals surface area contributed by atoms with Gasteiger partial charge in [-0.15, -0.1) is 11.3 Å². The van der Waals surface area contributed by atoms with Gasteiger partial charge in [0.25, 0.3) is 0 Å². The van der Waals surface area contributed by atoms with Crippen molar-refractivity contribution in [3.63, 3.8) is 0 Å². The first-order valence-corrected chi connectivity index (χ1v) is 7.55. The van der Waals surface area contributed by atoms with Crippen LogP contribution < -0.4 is 5.32 Å². The number of carbonyl (C=O) groups excluding carboxylic acids is 1. The van der Waals surface area contributed by atoms with Crippen molar-refractivity contribution in [3.8, 4) is 0 Å². The van der Waals surface area contributed by atoms with Crippen LogP contribution in [-0.2, 0) is 16.1 Å². The molecule has 0 saturated carbocycles. The van der Waals surface area contributed by atoms with E-state index in [9.17, 15) is 14.7 Å². The van der Waals surface area contributed by atoms with Crippen LogP contribution in [-0.4, -0.2) is 17.0 Å². The van der Waals surface area contributed by atoms with Gasteiger partial charge in [0.15, 0.2) is 0 Å². The zero-order chi connectivity index (χ0) is 14.7. The highest BCUT2D eigenvalue weighted by Crippen LogP contribution is 2.34. The number of carbonyl (C=O) groups is 2. The second-order valence-electron chi connectivity index (χ2n) is 5.32. The summed E-state index contributed by atoms with van der Waals surface area (Å²) in [5.74, 6) is -2.11. The average molecular weight is 293 g/mol. The molecule has 108 valence electrons. The van der Waals surface area contributed by atoms with Crippen LogP contribution in [0.1, 0.15) is 31.6 Å². The third kappa shape index (κ3) is 3.28. The molecule has 1 aliphatic carbocycles. The van der Waals surface area contributed by atoms with Crippen LogP contribution >= 0.6 is 11.3 Å². The van der Waals surface area contributed by atoms with E-state index in [1.165, 1.54) is 0 Å². The fraction of sp³-hybridized carbons (Fsp3) is 0.467. The van der Waals surface area contributed by atoms with Crippen LogP contribution in [0.2, 0.25) is 0 Å². The lowest BCUT2D eigenvalue weighted by molar-refractivity contribution is -0.147. The van der Waals surface area contributed by atoms with Gasteiger partial charge in [0.05, 0.1) is 18.4 Å². The molecule has 1 aromatic heterocycles. The predicted octanol–water partition coefficient (Wildman–Crippen LogP) is 2.81. The summed E-state index contributed by atoms with van der Waals surface area (Å²) < 4.78 is 0. The van der Waals surface area contributed by atoms with Gasteiger partial charge in [-0.2, -0.15) is 0 Å². The molecule has 1 aliphatic rings. The molecule has 1 heterocycles. The van der Waals surface area contributed by atoms with E-state index in [2.05, 4.69) is 5.32 Å². The number of nitrogens with one attached hydrogen (secondary N) is 1. The molecule has 4 nitrogen and oxygen atoms in total. The van der Waals surface area contributed by atoms with E-state index >= 15 is 0 Å². The van der Waals surface area contributed by atoms with Crippen molar-refractivity contribution in [2.45, 2.75) is 33.2 Å². The van der Waals surface area contributed by atoms with E-state index in [-0.39, 0.29) is 5.91 Å². The molecule has 2 rings (SSSR count). The third-order valence-corrected chi connectivity index (χ3v) is 4.81. The van der Waals surface area contributed by atoms with Gasteiger partial charge in [0, 0.05) is 4.88 Å². The summed E-state index contributed by atoms with van der Waals surface area (Å²) in [6, 6.07) is 3.89. The lowest BCUT2D eigenvalue weighted by Crippen LogP contribution is -2.39. The summed E-state index contributed by atoms with van der Waals surface area (Å²) in [5, 5.41) is 14.1. The lowest BCUT2D eigenvalue weighted by atomic mass is 9.76. The molecule has 0 radical (unpaired) electrons. The summed E-state index contributed by atoms with van der Waals surface area (Å²) in [4.78, 5) is 24.7. The zero-order valence-electron chi connectivity index (χ0n) is 11.7. The van der Waals surface area contributed by atoms with Crippen molar-refractivity contribution < 1.29 is 14.7 Å². The molecular formula is C15H19NO3S. The van der Waals surface area contributed by atoms with Gasteiger partial charge in [-0.3, -0.25) is 9.59 Å². The van der Waals surface area contributed by atoms with E-state index in [1.807, 2.05) is 31.4 Å². The van der Waals surface area contributed by atoms with Crippen LogP contribution in [0.15, 0.2) is 28.7 Å². The Morgan fingerprint density at radius 3 is 2.50 bits per heavy atom. The first kappa shape index (κ1) is 14.8. The Hall–Kier alpha value is -1.62. The summed E-state index contributed by atoms with van der Waals surface area (Å²) >= 11 is 1.58. The average Bonchev–Trinajstić information content (AvgIpc) is 2.91. The monoisotopic (exact) mass is 293 g/mol. The number of aliphatic carboxylic acids is 1. The number of carboxylic acids is 1. The number of allylic oxidation sites excluding steroid dienone is 2. The quantitative estimate of drug-likeness (QED) is 0.839. The van der Waals surface area contributed by atoms with Crippen LogP contribution in [0.4, 0.5) is 0 Å². The predicted molar refractivity (Wildman–Crippen MR) is 78.4 cm³/mol. The SMILES string of the molecule is CC1=C(C)C[C@@H](C(=O)NCc2cccs2)[C@H](C(=O)O)C1.